The van der Waals surface area contributed by atoms with E-state index in [9.17, 15) is 5.11 Å². The summed E-state index contributed by atoms with van der Waals surface area (Å²) in [7, 11) is 0. The summed E-state index contributed by atoms with van der Waals surface area (Å²) in [5, 5.41) is 22.5. The highest BCUT2D eigenvalue weighted by atomic mass is 16.3. The Morgan fingerprint density at radius 2 is 2.06 bits per heavy atom. The zero-order valence-corrected chi connectivity index (χ0v) is 8.28. The lowest BCUT2D eigenvalue weighted by atomic mass is 10.1. The Kier molecular flexibility index (Phi) is 1.83. The first-order valence-corrected chi connectivity index (χ1v) is 4.80. The summed E-state index contributed by atoms with van der Waals surface area (Å²) >= 11 is 0. The van der Waals surface area contributed by atoms with E-state index in [-0.39, 0.29) is 5.75 Å². The lowest BCUT2D eigenvalue weighted by Crippen LogP contribution is -1.95. The van der Waals surface area contributed by atoms with E-state index < -0.39 is 0 Å². The van der Waals surface area contributed by atoms with Gasteiger partial charge in [0.15, 0.2) is 0 Å². The lowest BCUT2D eigenvalue weighted by Gasteiger charge is -2.05. The fraction of sp³-hybridized carbons (Fsp3) is 0. The Labute approximate surface area is 90.9 Å². The number of benzene rings is 2. The topological polar surface area (TPSA) is 63.8 Å². The molecule has 0 aliphatic rings. The number of aromatic nitrogens is 4. The highest BCUT2D eigenvalue weighted by molar-refractivity contribution is 5.91. The van der Waals surface area contributed by atoms with Gasteiger partial charge in [-0.2, -0.15) is 4.68 Å². The molecule has 78 valence electrons. The summed E-state index contributed by atoms with van der Waals surface area (Å²) in [6, 6.07) is 11.0. The van der Waals surface area contributed by atoms with Gasteiger partial charge in [-0.05, 0) is 34.0 Å². The molecule has 0 aliphatic carbocycles. The van der Waals surface area contributed by atoms with Crippen molar-refractivity contribution in [3.63, 3.8) is 0 Å². The van der Waals surface area contributed by atoms with Crippen LogP contribution in [0, 0.1) is 0 Å². The van der Waals surface area contributed by atoms with Crippen LogP contribution in [0.3, 0.4) is 0 Å². The van der Waals surface area contributed by atoms with Crippen molar-refractivity contribution in [1.82, 2.24) is 20.2 Å². The van der Waals surface area contributed by atoms with Crippen LogP contribution in [-0.2, 0) is 0 Å². The predicted octanol–water partition coefficient (Wildman–Crippen LogP) is 1.52. The smallest absolute Gasteiger partial charge is 0.143 e. The molecule has 1 heterocycles. The fourth-order valence-electron chi connectivity index (χ4n) is 1.72. The average Bonchev–Trinajstić information content (AvgIpc) is 2.81. The van der Waals surface area contributed by atoms with Crippen LogP contribution in [0.1, 0.15) is 0 Å². The third-order valence-corrected chi connectivity index (χ3v) is 2.44. The first-order chi connectivity index (χ1) is 7.84. The van der Waals surface area contributed by atoms with Crippen LogP contribution in [-0.4, -0.2) is 25.3 Å². The van der Waals surface area contributed by atoms with E-state index in [2.05, 4.69) is 15.5 Å². The van der Waals surface area contributed by atoms with Gasteiger partial charge in [0.25, 0.3) is 0 Å². The SMILES string of the molecule is Oc1ccc2cccc(-n3cnnn3)c2c1. The van der Waals surface area contributed by atoms with Crippen LogP contribution in [0.25, 0.3) is 16.5 Å². The van der Waals surface area contributed by atoms with E-state index in [1.807, 2.05) is 24.3 Å². The molecule has 1 N–H and O–H groups in total. The van der Waals surface area contributed by atoms with E-state index in [0.717, 1.165) is 16.5 Å². The van der Waals surface area contributed by atoms with Crippen molar-refractivity contribution in [2.45, 2.75) is 0 Å². The third kappa shape index (κ3) is 1.30. The van der Waals surface area contributed by atoms with E-state index >= 15 is 0 Å². The second-order valence-electron chi connectivity index (χ2n) is 3.44. The number of rotatable bonds is 1. The van der Waals surface area contributed by atoms with Crippen LogP contribution in [0.5, 0.6) is 5.75 Å². The highest BCUT2D eigenvalue weighted by Crippen LogP contribution is 2.25. The zero-order valence-electron chi connectivity index (χ0n) is 8.28. The van der Waals surface area contributed by atoms with Gasteiger partial charge in [-0.25, -0.2) is 0 Å². The van der Waals surface area contributed by atoms with Gasteiger partial charge in [0.05, 0.1) is 5.69 Å². The van der Waals surface area contributed by atoms with Crippen molar-refractivity contribution in [2.24, 2.45) is 0 Å². The minimum Gasteiger partial charge on any atom is -0.508 e. The summed E-state index contributed by atoms with van der Waals surface area (Å²) in [6.07, 6.45) is 1.53. The van der Waals surface area contributed by atoms with Gasteiger partial charge in [0, 0.05) is 5.39 Å². The maximum absolute atomic E-state index is 9.49. The number of phenols is 1. The molecule has 0 saturated carbocycles. The monoisotopic (exact) mass is 212 g/mol. The van der Waals surface area contributed by atoms with Gasteiger partial charge < -0.3 is 5.11 Å². The standard InChI is InChI=1S/C11H8N4O/c16-9-5-4-8-2-1-3-11(10(8)6-9)15-7-12-13-14-15/h1-7,16H. The molecule has 0 radical (unpaired) electrons. The quantitative estimate of drug-likeness (QED) is 0.664. The third-order valence-electron chi connectivity index (χ3n) is 2.44. The second kappa shape index (κ2) is 3.30. The molecule has 0 bridgehead atoms. The molecule has 0 spiro atoms. The van der Waals surface area contributed by atoms with Crippen LogP contribution < -0.4 is 0 Å². The van der Waals surface area contributed by atoms with Gasteiger partial charge in [-0.3, -0.25) is 0 Å². The van der Waals surface area contributed by atoms with Crippen LogP contribution in [0.2, 0.25) is 0 Å². The van der Waals surface area contributed by atoms with Crippen molar-refractivity contribution in [1.29, 1.82) is 0 Å². The van der Waals surface area contributed by atoms with Gasteiger partial charge in [-0.15, -0.1) is 5.10 Å². The van der Waals surface area contributed by atoms with Crippen LogP contribution >= 0.6 is 0 Å². The molecule has 3 aromatic rings. The van der Waals surface area contributed by atoms with Gasteiger partial charge in [-0.1, -0.05) is 18.2 Å². The van der Waals surface area contributed by atoms with Gasteiger partial charge in [0.1, 0.15) is 12.1 Å². The van der Waals surface area contributed by atoms with Crippen molar-refractivity contribution in [2.75, 3.05) is 0 Å². The van der Waals surface area contributed by atoms with E-state index in [4.69, 9.17) is 0 Å². The van der Waals surface area contributed by atoms with Crippen molar-refractivity contribution >= 4 is 10.8 Å². The highest BCUT2D eigenvalue weighted by Gasteiger charge is 2.04. The molecule has 0 unspecified atom stereocenters. The Hall–Kier alpha value is -2.43. The maximum Gasteiger partial charge on any atom is 0.143 e. The Bertz CT molecular complexity index is 634. The van der Waals surface area contributed by atoms with Crippen LogP contribution in [0.15, 0.2) is 42.7 Å². The molecule has 0 atom stereocenters. The normalized spacial score (nSPS) is 10.8. The second-order valence-corrected chi connectivity index (χ2v) is 3.44. The number of nitrogens with zero attached hydrogens (tertiary/aromatic N) is 4. The summed E-state index contributed by atoms with van der Waals surface area (Å²) in [6.45, 7) is 0. The molecule has 5 nitrogen and oxygen atoms in total. The minimum atomic E-state index is 0.230. The van der Waals surface area contributed by atoms with Crippen molar-refractivity contribution in [3.8, 4) is 11.4 Å². The fourth-order valence-corrected chi connectivity index (χ4v) is 1.72. The Balaban J connectivity index is 2.36. The average molecular weight is 212 g/mol. The number of hydrogen-bond donors (Lipinski definition) is 1. The first kappa shape index (κ1) is 8.84. The van der Waals surface area contributed by atoms with E-state index in [1.54, 1.807) is 16.8 Å². The van der Waals surface area contributed by atoms with Gasteiger partial charge in [0.2, 0.25) is 0 Å². The number of aromatic hydroxyl groups is 1. The van der Waals surface area contributed by atoms with E-state index in [0.29, 0.717) is 0 Å². The van der Waals surface area contributed by atoms with Crippen molar-refractivity contribution in [3.05, 3.63) is 42.7 Å². The molecule has 1 aromatic heterocycles. The number of hydrogen-bond acceptors (Lipinski definition) is 4. The molecular weight excluding hydrogens is 204 g/mol. The molecule has 0 saturated heterocycles. The number of phenolic OH excluding ortho intramolecular Hbond substituents is 1. The molecule has 16 heavy (non-hydrogen) atoms. The Morgan fingerprint density at radius 1 is 1.12 bits per heavy atom. The summed E-state index contributed by atoms with van der Waals surface area (Å²) in [5.74, 6) is 0.230. The molecule has 0 amide bonds. The lowest BCUT2D eigenvalue weighted by molar-refractivity contribution is 0.476. The van der Waals surface area contributed by atoms with E-state index in [1.165, 1.54) is 6.33 Å². The van der Waals surface area contributed by atoms with Crippen LogP contribution in [0.4, 0.5) is 0 Å². The number of fused-ring (bicyclic) bond motifs is 1. The molecule has 3 rings (SSSR count). The maximum atomic E-state index is 9.49. The molecular formula is C11H8N4O. The first-order valence-electron chi connectivity index (χ1n) is 4.80. The minimum absolute atomic E-state index is 0.230. The largest absolute Gasteiger partial charge is 0.508 e. The zero-order chi connectivity index (χ0) is 11.0. The Morgan fingerprint density at radius 3 is 2.88 bits per heavy atom. The number of tetrazole rings is 1. The molecule has 0 aliphatic heterocycles. The summed E-state index contributed by atoms with van der Waals surface area (Å²) in [5.41, 5.74) is 0.846. The molecule has 2 aromatic carbocycles. The summed E-state index contributed by atoms with van der Waals surface area (Å²) in [4.78, 5) is 0. The predicted molar refractivity (Wildman–Crippen MR) is 58.3 cm³/mol. The molecule has 5 heteroatoms. The summed E-state index contributed by atoms with van der Waals surface area (Å²) < 4.78 is 1.57. The van der Waals surface area contributed by atoms with Crippen molar-refractivity contribution < 1.29 is 5.11 Å². The van der Waals surface area contributed by atoms with Gasteiger partial charge >= 0.3 is 0 Å². The molecule has 0 fully saturated rings.